The Bertz CT molecular complexity index is 633. The first-order valence-electron chi connectivity index (χ1n) is 6.82. The Hall–Kier alpha value is -1.47. The van der Waals surface area contributed by atoms with Crippen LogP contribution in [-0.2, 0) is 14.6 Å². The van der Waals surface area contributed by atoms with Crippen molar-refractivity contribution in [2.75, 3.05) is 18.6 Å². The Kier molecular flexibility index (Phi) is 4.63. The average Bonchev–Trinajstić information content (AvgIpc) is 2.72. The number of sulfone groups is 1. The summed E-state index contributed by atoms with van der Waals surface area (Å²) in [6, 6.07) is 5.79. The van der Waals surface area contributed by atoms with Gasteiger partial charge in [0.1, 0.15) is 21.8 Å². The number of hydrogen-bond donors (Lipinski definition) is 1. The molecule has 2 rings (SSSR count). The molecule has 0 radical (unpaired) electrons. The minimum Gasteiger partial charge on any atom is -0.320 e. The molecule has 1 aromatic carbocycles. The van der Waals surface area contributed by atoms with Gasteiger partial charge in [-0.3, -0.25) is 10.1 Å². The van der Waals surface area contributed by atoms with Crippen molar-refractivity contribution < 1.29 is 17.6 Å². The molecule has 5 nitrogen and oxygen atoms in total. The molecule has 0 bridgehead atoms. The van der Waals surface area contributed by atoms with Gasteiger partial charge in [-0.25, -0.2) is 12.8 Å². The topological polar surface area (TPSA) is 66.5 Å². The van der Waals surface area contributed by atoms with Crippen molar-refractivity contribution in [3.8, 4) is 0 Å². The normalized spacial score (nSPS) is 22.8. The summed E-state index contributed by atoms with van der Waals surface area (Å²) in [6.07, 6.45) is 1.07. The van der Waals surface area contributed by atoms with Crippen LogP contribution in [0.15, 0.2) is 24.3 Å². The van der Waals surface area contributed by atoms with Crippen molar-refractivity contribution in [2.24, 2.45) is 0 Å². The molecule has 0 aromatic heterocycles. The van der Waals surface area contributed by atoms with Gasteiger partial charge in [0, 0.05) is 18.4 Å². The standard InChI is InChI=1S/C14H19FN2O3S/c1-3-12-14(18)17(8-9-21(2,19)20)13(16-12)10-6-4-5-7-11(10)15/h4-7,12-13,16H,3,8-9H2,1-2H3. The highest BCUT2D eigenvalue weighted by atomic mass is 32.2. The Morgan fingerprint density at radius 1 is 1.33 bits per heavy atom. The molecule has 1 N–H and O–H groups in total. The van der Waals surface area contributed by atoms with E-state index in [1.165, 1.54) is 11.0 Å². The minimum atomic E-state index is -3.19. The number of rotatable bonds is 5. The van der Waals surface area contributed by atoms with Crippen molar-refractivity contribution >= 4 is 15.7 Å². The summed E-state index contributed by atoms with van der Waals surface area (Å²) >= 11 is 0. The number of nitrogens with one attached hydrogen (secondary N) is 1. The Balaban J connectivity index is 2.28. The number of halogens is 1. The molecule has 116 valence electrons. The summed E-state index contributed by atoms with van der Waals surface area (Å²) in [6.45, 7) is 1.91. The van der Waals surface area contributed by atoms with Gasteiger partial charge in [0.15, 0.2) is 0 Å². The van der Waals surface area contributed by atoms with E-state index in [0.29, 0.717) is 12.0 Å². The molecule has 1 heterocycles. The zero-order valence-electron chi connectivity index (χ0n) is 12.0. The molecule has 2 atom stereocenters. The van der Waals surface area contributed by atoms with Gasteiger partial charge >= 0.3 is 0 Å². The van der Waals surface area contributed by atoms with Crippen LogP contribution in [0.25, 0.3) is 0 Å². The van der Waals surface area contributed by atoms with Gasteiger partial charge in [-0.05, 0) is 12.5 Å². The smallest absolute Gasteiger partial charge is 0.241 e. The summed E-state index contributed by atoms with van der Waals surface area (Å²) in [5.74, 6) is -0.736. The molecule has 1 aromatic rings. The van der Waals surface area contributed by atoms with E-state index in [0.717, 1.165) is 6.26 Å². The summed E-state index contributed by atoms with van der Waals surface area (Å²) in [7, 11) is -3.19. The third-order valence-corrected chi connectivity index (χ3v) is 4.49. The van der Waals surface area contributed by atoms with Crippen LogP contribution in [0.1, 0.15) is 25.1 Å². The third-order valence-electron chi connectivity index (χ3n) is 3.56. The van der Waals surface area contributed by atoms with Crippen LogP contribution in [0.4, 0.5) is 4.39 Å². The predicted molar refractivity (Wildman–Crippen MR) is 77.8 cm³/mol. The molecular weight excluding hydrogens is 295 g/mol. The molecule has 2 unspecified atom stereocenters. The van der Waals surface area contributed by atoms with E-state index in [2.05, 4.69) is 5.32 Å². The Labute approximate surface area is 124 Å². The first kappa shape index (κ1) is 15.9. The van der Waals surface area contributed by atoms with Crippen LogP contribution in [0.2, 0.25) is 0 Å². The van der Waals surface area contributed by atoms with E-state index in [4.69, 9.17) is 0 Å². The maximum absolute atomic E-state index is 14.0. The molecule has 7 heteroatoms. The maximum Gasteiger partial charge on any atom is 0.241 e. The van der Waals surface area contributed by atoms with Gasteiger partial charge in [0.25, 0.3) is 0 Å². The lowest BCUT2D eigenvalue weighted by atomic mass is 10.1. The van der Waals surface area contributed by atoms with Gasteiger partial charge < -0.3 is 4.90 Å². The van der Waals surface area contributed by atoms with Gasteiger partial charge in [0.05, 0.1) is 11.8 Å². The van der Waals surface area contributed by atoms with E-state index in [9.17, 15) is 17.6 Å². The van der Waals surface area contributed by atoms with E-state index < -0.39 is 27.9 Å². The first-order valence-corrected chi connectivity index (χ1v) is 8.88. The molecule has 1 amide bonds. The number of benzene rings is 1. The second-order valence-electron chi connectivity index (χ2n) is 5.21. The van der Waals surface area contributed by atoms with E-state index in [-0.39, 0.29) is 18.2 Å². The zero-order valence-corrected chi connectivity index (χ0v) is 12.9. The largest absolute Gasteiger partial charge is 0.320 e. The Morgan fingerprint density at radius 2 is 2.00 bits per heavy atom. The van der Waals surface area contributed by atoms with Crippen LogP contribution >= 0.6 is 0 Å². The summed E-state index contributed by atoms with van der Waals surface area (Å²) in [5.41, 5.74) is 0.357. The molecule has 0 aliphatic carbocycles. The quantitative estimate of drug-likeness (QED) is 0.883. The fourth-order valence-corrected chi connectivity index (χ4v) is 2.96. The predicted octanol–water partition coefficient (Wildman–Crippen LogP) is 1.08. The van der Waals surface area contributed by atoms with Crippen LogP contribution in [0.3, 0.4) is 0 Å². The van der Waals surface area contributed by atoms with Gasteiger partial charge in [0.2, 0.25) is 5.91 Å². The van der Waals surface area contributed by atoms with Crippen LogP contribution in [0, 0.1) is 5.82 Å². The molecular formula is C14H19FN2O3S. The molecule has 1 aliphatic rings. The van der Waals surface area contributed by atoms with Gasteiger partial charge in [-0.2, -0.15) is 0 Å². The molecule has 0 saturated carbocycles. The van der Waals surface area contributed by atoms with E-state index in [1.807, 2.05) is 6.92 Å². The number of amides is 1. The van der Waals surface area contributed by atoms with Crippen LogP contribution in [0.5, 0.6) is 0 Å². The third kappa shape index (κ3) is 3.59. The molecule has 1 aliphatic heterocycles. The molecule has 1 saturated heterocycles. The first-order chi connectivity index (χ1) is 9.83. The highest BCUT2D eigenvalue weighted by Gasteiger charge is 2.39. The Morgan fingerprint density at radius 3 is 2.57 bits per heavy atom. The summed E-state index contributed by atoms with van der Waals surface area (Å²) < 4.78 is 36.6. The van der Waals surface area contributed by atoms with Crippen molar-refractivity contribution in [2.45, 2.75) is 25.6 Å². The highest BCUT2D eigenvalue weighted by molar-refractivity contribution is 7.90. The van der Waals surface area contributed by atoms with Crippen molar-refractivity contribution in [1.29, 1.82) is 0 Å². The number of nitrogens with zero attached hydrogens (tertiary/aromatic N) is 1. The zero-order chi connectivity index (χ0) is 15.6. The molecule has 0 spiro atoms. The SMILES string of the molecule is CCC1NC(c2ccccc2F)N(CCS(C)(=O)=O)C1=O. The number of carbonyl (C=O) groups excluding carboxylic acids is 1. The lowest BCUT2D eigenvalue weighted by Crippen LogP contribution is -2.35. The second kappa shape index (κ2) is 6.11. The summed E-state index contributed by atoms with van der Waals surface area (Å²) in [4.78, 5) is 13.7. The van der Waals surface area contributed by atoms with Crippen molar-refractivity contribution in [1.82, 2.24) is 10.2 Å². The summed E-state index contributed by atoms with van der Waals surface area (Å²) in [5, 5.41) is 3.08. The maximum atomic E-state index is 14.0. The monoisotopic (exact) mass is 314 g/mol. The molecule has 21 heavy (non-hydrogen) atoms. The van der Waals surface area contributed by atoms with Crippen molar-refractivity contribution in [3.63, 3.8) is 0 Å². The average molecular weight is 314 g/mol. The van der Waals surface area contributed by atoms with Crippen LogP contribution in [-0.4, -0.2) is 43.8 Å². The van der Waals surface area contributed by atoms with Crippen LogP contribution < -0.4 is 5.32 Å². The van der Waals surface area contributed by atoms with E-state index >= 15 is 0 Å². The fraction of sp³-hybridized carbons (Fsp3) is 0.500. The van der Waals surface area contributed by atoms with E-state index in [1.54, 1.807) is 18.2 Å². The molecule has 1 fully saturated rings. The van der Waals surface area contributed by atoms with Crippen molar-refractivity contribution in [3.05, 3.63) is 35.6 Å². The van der Waals surface area contributed by atoms with Gasteiger partial charge in [-0.1, -0.05) is 25.1 Å². The van der Waals surface area contributed by atoms with Gasteiger partial charge in [-0.15, -0.1) is 0 Å². The minimum absolute atomic E-state index is 0.0557. The lowest BCUT2D eigenvalue weighted by molar-refractivity contribution is -0.129. The fourth-order valence-electron chi connectivity index (χ4n) is 2.43. The highest BCUT2D eigenvalue weighted by Crippen LogP contribution is 2.28. The lowest BCUT2D eigenvalue weighted by Gasteiger charge is -2.24. The second-order valence-corrected chi connectivity index (χ2v) is 7.47. The number of carbonyl (C=O) groups is 1. The number of hydrogen-bond acceptors (Lipinski definition) is 4.